The Morgan fingerprint density at radius 2 is 1.86 bits per heavy atom. The lowest BCUT2D eigenvalue weighted by molar-refractivity contribution is -0.137. The Morgan fingerprint density at radius 1 is 1.24 bits per heavy atom. The van der Waals surface area contributed by atoms with Gasteiger partial charge in [-0.1, -0.05) is 19.1 Å². The second-order valence-corrected chi connectivity index (χ2v) is 5.85. The lowest BCUT2D eigenvalue weighted by Crippen LogP contribution is -2.37. The molecule has 21 heavy (non-hydrogen) atoms. The summed E-state index contributed by atoms with van der Waals surface area (Å²) in [5, 5.41) is 14.5. The number of carbonyl (C=O) groups is 2. The van der Waals surface area contributed by atoms with E-state index in [1.54, 1.807) is 12.1 Å². The molecule has 2 unspecified atom stereocenters. The lowest BCUT2D eigenvalue weighted by Gasteiger charge is -2.14. The fourth-order valence-corrected chi connectivity index (χ4v) is 2.36. The van der Waals surface area contributed by atoms with Crippen LogP contribution in [0.1, 0.15) is 44.6 Å². The lowest BCUT2D eigenvalue weighted by atomic mass is 9.98. The van der Waals surface area contributed by atoms with Gasteiger partial charge in [-0.15, -0.1) is 0 Å². The number of rotatable bonds is 6. The summed E-state index contributed by atoms with van der Waals surface area (Å²) in [6, 6.07) is 7.33. The van der Waals surface area contributed by atoms with Crippen LogP contribution in [0.25, 0.3) is 0 Å². The highest BCUT2D eigenvalue weighted by molar-refractivity contribution is 5.89. The summed E-state index contributed by atoms with van der Waals surface area (Å²) in [6.45, 7) is 3.90. The molecule has 5 heteroatoms. The standard InChI is InChI=1S/C16H22N2O3/c1-10(9-15(19)20)12-5-7-14(8-6-12)18-16(21)17-11(2)13-3-4-13/h5-8,10-11,13H,3-4,9H2,1-2H3,(H,19,20)(H2,17,18,21). The smallest absolute Gasteiger partial charge is 0.319 e. The van der Waals surface area contributed by atoms with Crippen LogP contribution in [0.15, 0.2) is 24.3 Å². The van der Waals surface area contributed by atoms with Crippen molar-refractivity contribution in [1.29, 1.82) is 0 Å². The topological polar surface area (TPSA) is 78.4 Å². The van der Waals surface area contributed by atoms with Gasteiger partial charge < -0.3 is 15.7 Å². The van der Waals surface area contributed by atoms with Crippen molar-refractivity contribution in [3.05, 3.63) is 29.8 Å². The quantitative estimate of drug-likeness (QED) is 0.753. The molecule has 1 aromatic rings. The van der Waals surface area contributed by atoms with Crippen LogP contribution in [-0.4, -0.2) is 23.1 Å². The van der Waals surface area contributed by atoms with Crippen LogP contribution in [0.4, 0.5) is 10.5 Å². The molecule has 0 spiro atoms. The van der Waals surface area contributed by atoms with Crippen LogP contribution in [0.5, 0.6) is 0 Å². The van der Waals surface area contributed by atoms with Crippen molar-refractivity contribution in [1.82, 2.24) is 5.32 Å². The van der Waals surface area contributed by atoms with Gasteiger partial charge in [-0.05, 0) is 49.3 Å². The van der Waals surface area contributed by atoms with Gasteiger partial charge >= 0.3 is 12.0 Å². The minimum Gasteiger partial charge on any atom is -0.481 e. The highest BCUT2D eigenvalue weighted by Crippen LogP contribution is 2.32. The van der Waals surface area contributed by atoms with E-state index in [4.69, 9.17) is 5.11 Å². The van der Waals surface area contributed by atoms with Crippen molar-refractivity contribution in [3.63, 3.8) is 0 Å². The normalized spacial score (nSPS) is 16.9. The average molecular weight is 290 g/mol. The van der Waals surface area contributed by atoms with Gasteiger partial charge in [0.1, 0.15) is 0 Å². The molecule has 2 atom stereocenters. The molecule has 0 aliphatic heterocycles. The molecule has 5 nitrogen and oxygen atoms in total. The molecule has 1 saturated carbocycles. The number of carboxylic acid groups (broad SMARTS) is 1. The predicted molar refractivity (Wildman–Crippen MR) is 81.5 cm³/mol. The van der Waals surface area contributed by atoms with Crippen LogP contribution in [0.3, 0.4) is 0 Å². The maximum Gasteiger partial charge on any atom is 0.319 e. The van der Waals surface area contributed by atoms with E-state index in [-0.39, 0.29) is 24.4 Å². The summed E-state index contributed by atoms with van der Waals surface area (Å²) >= 11 is 0. The largest absolute Gasteiger partial charge is 0.481 e. The van der Waals surface area contributed by atoms with E-state index in [1.165, 1.54) is 12.8 Å². The SMILES string of the molecule is CC(CC(=O)O)c1ccc(NC(=O)NC(C)C2CC2)cc1. The van der Waals surface area contributed by atoms with E-state index < -0.39 is 5.97 Å². The van der Waals surface area contributed by atoms with Crippen LogP contribution in [0.2, 0.25) is 0 Å². The van der Waals surface area contributed by atoms with Crippen molar-refractivity contribution in [2.45, 2.75) is 45.1 Å². The molecule has 0 aromatic heterocycles. The Hall–Kier alpha value is -2.04. The van der Waals surface area contributed by atoms with Crippen molar-refractivity contribution in [2.75, 3.05) is 5.32 Å². The highest BCUT2D eigenvalue weighted by Gasteiger charge is 2.28. The third-order valence-corrected chi connectivity index (χ3v) is 3.91. The fourth-order valence-electron chi connectivity index (χ4n) is 2.36. The van der Waals surface area contributed by atoms with Crippen molar-refractivity contribution >= 4 is 17.7 Å². The molecule has 0 heterocycles. The van der Waals surface area contributed by atoms with E-state index in [0.29, 0.717) is 11.6 Å². The zero-order valence-corrected chi connectivity index (χ0v) is 12.4. The first-order valence-corrected chi connectivity index (χ1v) is 7.35. The Labute approximate surface area is 124 Å². The number of anilines is 1. The number of carboxylic acids is 1. The highest BCUT2D eigenvalue weighted by atomic mass is 16.4. The van der Waals surface area contributed by atoms with Gasteiger partial charge in [0, 0.05) is 11.7 Å². The van der Waals surface area contributed by atoms with Gasteiger partial charge in [0.25, 0.3) is 0 Å². The van der Waals surface area contributed by atoms with Crippen LogP contribution in [0, 0.1) is 5.92 Å². The summed E-state index contributed by atoms with van der Waals surface area (Å²) in [7, 11) is 0. The van der Waals surface area contributed by atoms with E-state index in [0.717, 1.165) is 5.56 Å². The Kier molecular flexibility index (Phi) is 4.83. The number of amides is 2. The predicted octanol–water partition coefficient (Wildman–Crippen LogP) is 3.18. The molecule has 3 N–H and O–H groups in total. The summed E-state index contributed by atoms with van der Waals surface area (Å²) in [5.41, 5.74) is 1.66. The number of nitrogens with one attached hydrogen (secondary N) is 2. The monoisotopic (exact) mass is 290 g/mol. The molecule has 2 amide bonds. The fraction of sp³-hybridized carbons (Fsp3) is 0.500. The zero-order chi connectivity index (χ0) is 15.4. The van der Waals surface area contributed by atoms with Crippen LogP contribution in [-0.2, 0) is 4.79 Å². The number of urea groups is 1. The summed E-state index contributed by atoms with van der Waals surface area (Å²) in [4.78, 5) is 22.5. The van der Waals surface area contributed by atoms with E-state index in [9.17, 15) is 9.59 Å². The number of aliphatic carboxylic acids is 1. The zero-order valence-electron chi connectivity index (χ0n) is 12.4. The Balaban J connectivity index is 1.86. The number of hydrogen-bond donors (Lipinski definition) is 3. The van der Waals surface area contributed by atoms with E-state index in [2.05, 4.69) is 10.6 Å². The Bertz CT molecular complexity index is 509. The van der Waals surface area contributed by atoms with Gasteiger partial charge in [-0.25, -0.2) is 4.79 Å². The number of carbonyl (C=O) groups excluding carboxylic acids is 1. The molecule has 0 bridgehead atoms. The van der Waals surface area contributed by atoms with Gasteiger partial charge in [-0.3, -0.25) is 4.79 Å². The summed E-state index contributed by atoms with van der Waals surface area (Å²) in [5.74, 6) is -0.228. The molecule has 0 radical (unpaired) electrons. The first kappa shape index (κ1) is 15.4. The van der Waals surface area contributed by atoms with Crippen molar-refractivity contribution in [2.24, 2.45) is 5.92 Å². The van der Waals surface area contributed by atoms with Gasteiger partial charge in [0.2, 0.25) is 0 Å². The second-order valence-electron chi connectivity index (χ2n) is 5.85. The van der Waals surface area contributed by atoms with Gasteiger partial charge in [0.15, 0.2) is 0 Å². The molecular weight excluding hydrogens is 268 g/mol. The van der Waals surface area contributed by atoms with Gasteiger partial charge in [-0.2, -0.15) is 0 Å². The minimum atomic E-state index is -0.807. The van der Waals surface area contributed by atoms with Crippen molar-refractivity contribution in [3.8, 4) is 0 Å². The third-order valence-electron chi connectivity index (χ3n) is 3.91. The molecule has 1 aliphatic rings. The number of hydrogen-bond acceptors (Lipinski definition) is 2. The molecule has 1 fully saturated rings. The summed E-state index contributed by atoms with van der Waals surface area (Å²) in [6.07, 6.45) is 2.49. The van der Waals surface area contributed by atoms with Gasteiger partial charge in [0.05, 0.1) is 6.42 Å². The molecule has 1 aliphatic carbocycles. The Morgan fingerprint density at radius 3 is 2.38 bits per heavy atom. The molecule has 0 saturated heterocycles. The first-order chi connectivity index (χ1) is 9.95. The second kappa shape index (κ2) is 6.61. The molecule has 1 aromatic carbocycles. The summed E-state index contributed by atoms with van der Waals surface area (Å²) < 4.78 is 0. The maximum absolute atomic E-state index is 11.8. The molecule has 114 valence electrons. The molecular formula is C16H22N2O3. The van der Waals surface area contributed by atoms with Crippen molar-refractivity contribution < 1.29 is 14.7 Å². The van der Waals surface area contributed by atoms with Crippen LogP contribution < -0.4 is 10.6 Å². The third kappa shape index (κ3) is 4.77. The molecule has 2 rings (SSSR count). The maximum atomic E-state index is 11.8. The minimum absolute atomic E-state index is 0.0414. The van der Waals surface area contributed by atoms with E-state index in [1.807, 2.05) is 26.0 Å². The average Bonchev–Trinajstić information content (AvgIpc) is 3.22. The van der Waals surface area contributed by atoms with Crippen LogP contribution >= 0.6 is 0 Å². The number of benzene rings is 1. The first-order valence-electron chi connectivity index (χ1n) is 7.35. The van der Waals surface area contributed by atoms with E-state index >= 15 is 0 Å².